The van der Waals surface area contributed by atoms with Gasteiger partial charge in [-0.2, -0.15) is 0 Å². The van der Waals surface area contributed by atoms with Gasteiger partial charge in [0, 0.05) is 17.8 Å². The fraction of sp³-hybridized carbons (Fsp3) is 0.444. The van der Waals surface area contributed by atoms with Gasteiger partial charge in [0.2, 0.25) is 5.91 Å². The highest BCUT2D eigenvalue weighted by molar-refractivity contribution is 6.32. The van der Waals surface area contributed by atoms with Crippen molar-refractivity contribution < 1.29 is 4.79 Å². The van der Waals surface area contributed by atoms with E-state index in [1.807, 2.05) is 6.92 Å². The van der Waals surface area contributed by atoms with Crippen LogP contribution < -0.4 is 5.32 Å². The summed E-state index contributed by atoms with van der Waals surface area (Å²) in [6.45, 7) is 1.92. The number of carbonyl (C=O) groups excluding carboxylic acids is 1. The first-order chi connectivity index (χ1) is 6.62. The minimum Gasteiger partial charge on any atom is -0.308 e. The molecule has 0 saturated heterocycles. The highest BCUT2D eigenvalue weighted by atomic mass is 35.5. The van der Waals surface area contributed by atoms with Crippen LogP contribution in [-0.4, -0.2) is 15.9 Å². The zero-order chi connectivity index (χ0) is 10.2. The van der Waals surface area contributed by atoms with Crippen LogP contribution in [0.2, 0.25) is 5.15 Å². The number of amides is 1. The average Bonchev–Trinajstić information content (AvgIpc) is 2.89. The van der Waals surface area contributed by atoms with E-state index in [1.54, 1.807) is 0 Å². The van der Waals surface area contributed by atoms with E-state index < -0.39 is 0 Å². The molecule has 1 heterocycles. The third kappa shape index (κ3) is 1.70. The van der Waals surface area contributed by atoms with Crippen molar-refractivity contribution in [1.82, 2.24) is 9.97 Å². The number of halogens is 1. The zero-order valence-electron chi connectivity index (χ0n) is 7.75. The third-order valence-corrected chi connectivity index (χ3v) is 2.71. The van der Waals surface area contributed by atoms with E-state index in [2.05, 4.69) is 15.3 Å². The lowest BCUT2D eigenvalue weighted by atomic mass is 10.1. The van der Waals surface area contributed by atoms with Crippen LogP contribution in [-0.2, 0) is 4.79 Å². The Kier molecular flexibility index (Phi) is 2.15. The van der Waals surface area contributed by atoms with Crippen molar-refractivity contribution in [1.29, 1.82) is 0 Å². The number of hydrogen-bond acceptors (Lipinski definition) is 3. The first-order valence-electron chi connectivity index (χ1n) is 4.40. The molecule has 14 heavy (non-hydrogen) atoms. The molecule has 0 atom stereocenters. The molecule has 1 aliphatic rings. The van der Waals surface area contributed by atoms with Gasteiger partial charge in [-0.25, -0.2) is 9.97 Å². The SMILES string of the molecule is CC1(C(=O)Nc2nccnc2Cl)CC1. The Hall–Kier alpha value is -1.16. The highest BCUT2D eigenvalue weighted by Gasteiger charge is 2.45. The van der Waals surface area contributed by atoms with Gasteiger partial charge in [-0.3, -0.25) is 4.79 Å². The average molecular weight is 212 g/mol. The number of rotatable bonds is 2. The summed E-state index contributed by atoms with van der Waals surface area (Å²) < 4.78 is 0. The summed E-state index contributed by atoms with van der Waals surface area (Å²) in [6.07, 6.45) is 4.83. The number of hydrogen-bond donors (Lipinski definition) is 1. The first kappa shape index (κ1) is 9.40. The van der Waals surface area contributed by atoms with Crippen LogP contribution >= 0.6 is 11.6 Å². The molecule has 4 nitrogen and oxygen atoms in total. The number of aromatic nitrogens is 2. The number of nitrogens with zero attached hydrogens (tertiary/aromatic N) is 2. The molecule has 1 amide bonds. The summed E-state index contributed by atoms with van der Waals surface area (Å²) in [7, 11) is 0. The third-order valence-electron chi connectivity index (χ3n) is 2.43. The van der Waals surface area contributed by atoms with Gasteiger partial charge in [-0.15, -0.1) is 0 Å². The Balaban J connectivity index is 2.11. The van der Waals surface area contributed by atoms with E-state index in [1.165, 1.54) is 12.4 Å². The second-order valence-electron chi connectivity index (χ2n) is 3.71. The molecular weight excluding hydrogens is 202 g/mol. The Morgan fingerprint density at radius 2 is 2.14 bits per heavy atom. The van der Waals surface area contributed by atoms with Gasteiger partial charge >= 0.3 is 0 Å². The van der Waals surface area contributed by atoms with Gasteiger partial charge in [0.15, 0.2) is 11.0 Å². The molecule has 2 rings (SSSR count). The maximum atomic E-state index is 11.6. The van der Waals surface area contributed by atoms with Gasteiger partial charge in [-0.1, -0.05) is 18.5 Å². The van der Waals surface area contributed by atoms with Gasteiger partial charge in [0.1, 0.15) is 0 Å². The van der Waals surface area contributed by atoms with Crippen molar-refractivity contribution >= 4 is 23.3 Å². The van der Waals surface area contributed by atoms with Gasteiger partial charge in [0.05, 0.1) is 0 Å². The number of nitrogens with one attached hydrogen (secondary N) is 1. The van der Waals surface area contributed by atoms with Crippen molar-refractivity contribution in [2.45, 2.75) is 19.8 Å². The van der Waals surface area contributed by atoms with Crippen LogP contribution in [0.5, 0.6) is 0 Å². The zero-order valence-corrected chi connectivity index (χ0v) is 8.51. The van der Waals surface area contributed by atoms with Crippen molar-refractivity contribution in [3.05, 3.63) is 17.5 Å². The molecule has 1 saturated carbocycles. The van der Waals surface area contributed by atoms with Crippen LogP contribution in [0.3, 0.4) is 0 Å². The van der Waals surface area contributed by atoms with Crippen LogP contribution in [0.25, 0.3) is 0 Å². The quantitative estimate of drug-likeness (QED) is 0.813. The molecular formula is C9H10ClN3O. The molecule has 0 unspecified atom stereocenters. The molecule has 0 spiro atoms. The van der Waals surface area contributed by atoms with Crippen LogP contribution in [0.15, 0.2) is 12.4 Å². The number of carbonyl (C=O) groups is 1. The largest absolute Gasteiger partial charge is 0.308 e. The fourth-order valence-electron chi connectivity index (χ4n) is 1.08. The minimum atomic E-state index is -0.221. The summed E-state index contributed by atoms with van der Waals surface area (Å²) in [5.74, 6) is 0.312. The van der Waals surface area contributed by atoms with E-state index in [0.29, 0.717) is 5.82 Å². The molecule has 74 valence electrons. The predicted molar refractivity (Wildman–Crippen MR) is 53.0 cm³/mol. The molecule has 0 aliphatic heterocycles. The molecule has 1 aliphatic carbocycles. The monoisotopic (exact) mass is 211 g/mol. The van der Waals surface area contributed by atoms with Crippen LogP contribution in [0.1, 0.15) is 19.8 Å². The Morgan fingerprint density at radius 1 is 1.50 bits per heavy atom. The molecule has 5 heteroatoms. The van der Waals surface area contributed by atoms with E-state index in [9.17, 15) is 4.79 Å². The summed E-state index contributed by atoms with van der Waals surface area (Å²) in [5, 5.41) is 2.90. The van der Waals surface area contributed by atoms with E-state index >= 15 is 0 Å². The maximum absolute atomic E-state index is 11.6. The lowest BCUT2D eigenvalue weighted by molar-refractivity contribution is -0.120. The molecule has 1 N–H and O–H groups in total. The van der Waals surface area contributed by atoms with Gasteiger partial charge in [-0.05, 0) is 12.8 Å². The fourth-order valence-corrected chi connectivity index (χ4v) is 1.23. The number of anilines is 1. The van der Waals surface area contributed by atoms with E-state index in [0.717, 1.165) is 12.8 Å². The summed E-state index contributed by atoms with van der Waals surface area (Å²) in [5.41, 5.74) is -0.221. The smallest absolute Gasteiger partial charge is 0.231 e. The lowest BCUT2D eigenvalue weighted by Crippen LogP contribution is -2.22. The van der Waals surface area contributed by atoms with Crippen LogP contribution in [0, 0.1) is 5.41 Å². The van der Waals surface area contributed by atoms with E-state index in [4.69, 9.17) is 11.6 Å². The summed E-state index contributed by atoms with van der Waals surface area (Å²) in [6, 6.07) is 0. The van der Waals surface area contributed by atoms with E-state index in [-0.39, 0.29) is 16.5 Å². The van der Waals surface area contributed by atoms with Crippen molar-refractivity contribution in [3.8, 4) is 0 Å². The minimum absolute atomic E-state index is 0.0279. The summed E-state index contributed by atoms with van der Waals surface area (Å²) in [4.78, 5) is 19.4. The van der Waals surface area contributed by atoms with Gasteiger partial charge < -0.3 is 5.32 Å². The topological polar surface area (TPSA) is 54.9 Å². The Bertz CT molecular complexity index is 376. The highest BCUT2D eigenvalue weighted by Crippen LogP contribution is 2.45. The standard InChI is InChI=1S/C9H10ClN3O/c1-9(2-3-9)8(14)13-7-6(10)11-4-5-12-7/h4-5H,2-3H2,1H3,(H,12,13,14). The Morgan fingerprint density at radius 3 is 2.71 bits per heavy atom. The van der Waals surface area contributed by atoms with Crippen molar-refractivity contribution in [2.75, 3.05) is 5.32 Å². The normalized spacial score (nSPS) is 17.6. The maximum Gasteiger partial charge on any atom is 0.231 e. The molecule has 1 fully saturated rings. The second-order valence-corrected chi connectivity index (χ2v) is 4.07. The predicted octanol–water partition coefficient (Wildman–Crippen LogP) is 1.87. The first-order valence-corrected chi connectivity index (χ1v) is 4.78. The lowest BCUT2D eigenvalue weighted by Gasteiger charge is -2.09. The molecule has 1 aromatic rings. The Labute approximate surface area is 86.7 Å². The van der Waals surface area contributed by atoms with Crippen molar-refractivity contribution in [2.24, 2.45) is 5.41 Å². The molecule has 0 aromatic carbocycles. The second kappa shape index (κ2) is 3.20. The van der Waals surface area contributed by atoms with Crippen LogP contribution in [0.4, 0.5) is 5.82 Å². The van der Waals surface area contributed by atoms with Gasteiger partial charge in [0.25, 0.3) is 0 Å². The molecule has 0 radical (unpaired) electrons. The summed E-state index contributed by atoms with van der Waals surface area (Å²) >= 11 is 5.75. The molecule has 1 aromatic heterocycles. The van der Waals surface area contributed by atoms with Crippen molar-refractivity contribution in [3.63, 3.8) is 0 Å². The molecule has 0 bridgehead atoms.